The van der Waals surface area contributed by atoms with Gasteiger partial charge in [0.25, 0.3) is 0 Å². The van der Waals surface area contributed by atoms with E-state index in [1.54, 1.807) is 0 Å². The molecule has 12 aromatic carbocycles. The normalized spacial score (nSPS) is 13.3. The Kier molecular flexibility index (Phi) is 7.48. The quantitative estimate of drug-likeness (QED) is 0.122. The molecule has 0 unspecified atom stereocenters. The average Bonchev–Trinajstić information content (AvgIpc) is 3.97. The van der Waals surface area contributed by atoms with Gasteiger partial charge in [-0.05, 0) is 166 Å². The number of fused-ring (bicyclic) bond motifs is 11. The van der Waals surface area contributed by atoms with Crippen LogP contribution in [-0.2, 0) is 0 Å². The van der Waals surface area contributed by atoms with Crippen molar-refractivity contribution in [3.8, 4) is 100 Å². The zero-order chi connectivity index (χ0) is 44.1. The Morgan fingerprint density at radius 3 is 1.25 bits per heavy atom. The first kappa shape index (κ1) is 37.2. The van der Waals surface area contributed by atoms with Crippen LogP contribution < -0.4 is 10.4 Å². The molecule has 3 aliphatic rings. The highest BCUT2D eigenvalue weighted by Crippen LogP contribution is 2.55. The fraction of sp³-hybridized carbons (Fsp3) is 0.0303. The van der Waals surface area contributed by atoms with Crippen LogP contribution in [0.1, 0.15) is 0 Å². The van der Waals surface area contributed by atoms with Crippen LogP contribution in [-0.4, -0.2) is 8.07 Å². The first-order valence-corrected chi connectivity index (χ1v) is 26.7. The largest absolute Gasteiger partial charge is 0.113 e. The van der Waals surface area contributed by atoms with Gasteiger partial charge in [0, 0.05) is 0 Å². The highest BCUT2D eigenvalue weighted by atomic mass is 28.3. The van der Waals surface area contributed by atoms with Crippen LogP contribution in [0.4, 0.5) is 0 Å². The van der Waals surface area contributed by atoms with Crippen molar-refractivity contribution >= 4 is 61.5 Å². The van der Waals surface area contributed by atoms with Gasteiger partial charge in [0.1, 0.15) is 8.07 Å². The van der Waals surface area contributed by atoms with Gasteiger partial charge in [0.05, 0.1) is 0 Å². The first-order valence-electron chi connectivity index (χ1n) is 23.7. The van der Waals surface area contributed by atoms with E-state index in [2.05, 4.69) is 231 Å². The summed E-state index contributed by atoms with van der Waals surface area (Å²) in [5, 5.41) is 13.5. The molecular weight excluding hydrogens is 821 g/mol. The monoisotopic (exact) mass is 862 g/mol. The Balaban J connectivity index is 1.13. The standard InChI is InChI=1S/C66H42Si/c1-67(2)61-29-13-12-24-47(61)57-37-59-60(38-62(57)67)66(55-35-33-53-46-23-11-9-21-44(46)49-26-15-28-51(55)64(49)53)58-36-40(42-19-7-6-18-41(42)39-16-4-3-5-17-39)30-31-56(58)65(59)54-34-32-52-45-22-10-8-20-43(45)48-25-14-27-50(54)63(48)52/h3-38H,1-2H3. The summed E-state index contributed by atoms with van der Waals surface area (Å²) in [6, 6.07) is 83.3. The van der Waals surface area contributed by atoms with Gasteiger partial charge < -0.3 is 0 Å². The minimum atomic E-state index is -2.09. The lowest BCUT2D eigenvalue weighted by molar-refractivity contribution is 1.59. The summed E-state index contributed by atoms with van der Waals surface area (Å²) >= 11 is 0. The molecule has 0 saturated heterocycles. The molecule has 0 nitrogen and oxygen atoms in total. The minimum Gasteiger partial charge on any atom is -0.0623 e. The van der Waals surface area contributed by atoms with E-state index in [0.29, 0.717) is 0 Å². The molecule has 1 aliphatic heterocycles. The van der Waals surface area contributed by atoms with E-state index < -0.39 is 8.07 Å². The second-order valence-corrected chi connectivity index (χ2v) is 23.7. The minimum absolute atomic E-state index is 1.22. The highest BCUT2D eigenvalue weighted by molar-refractivity contribution is 7.04. The third kappa shape index (κ3) is 4.96. The fourth-order valence-electron chi connectivity index (χ4n) is 12.8. The zero-order valence-electron chi connectivity index (χ0n) is 37.3. The van der Waals surface area contributed by atoms with E-state index in [9.17, 15) is 0 Å². The highest BCUT2D eigenvalue weighted by Gasteiger charge is 2.38. The van der Waals surface area contributed by atoms with Crippen LogP contribution >= 0.6 is 0 Å². The van der Waals surface area contributed by atoms with Crippen LogP contribution in [0.25, 0.3) is 143 Å². The Bertz CT molecular complexity index is 4110. The molecule has 0 spiro atoms. The molecule has 2 aliphatic carbocycles. The van der Waals surface area contributed by atoms with Gasteiger partial charge >= 0.3 is 0 Å². The summed E-state index contributed by atoms with van der Waals surface area (Å²) < 4.78 is 0. The maximum atomic E-state index is 2.66. The molecule has 67 heavy (non-hydrogen) atoms. The van der Waals surface area contributed by atoms with Crippen LogP contribution in [0.15, 0.2) is 218 Å². The van der Waals surface area contributed by atoms with E-state index in [4.69, 9.17) is 0 Å². The second-order valence-electron chi connectivity index (χ2n) is 19.4. The van der Waals surface area contributed by atoms with Crippen molar-refractivity contribution in [3.63, 3.8) is 0 Å². The van der Waals surface area contributed by atoms with Crippen LogP contribution in [0, 0.1) is 0 Å². The molecule has 1 heteroatoms. The summed E-state index contributed by atoms with van der Waals surface area (Å²) in [5.74, 6) is 0. The molecule has 0 fully saturated rings. The molecule has 310 valence electrons. The predicted octanol–water partition coefficient (Wildman–Crippen LogP) is 17.1. The SMILES string of the molecule is C[Si]1(C)c2ccccc2-c2cc3c(-c4ccc5c6c(cccc46)-c4ccccc4-5)c4ccc(-c5ccccc5-c5ccccc5)cc4c(-c4ccc5c6c(cccc46)-c4ccccc4-5)c3cc21. The van der Waals surface area contributed by atoms with Crippen molar-refractivity contribution in [2.24, 2.45) is 0 Å². The summed E-state index contributed by atoms with van der Waals surface area (Å²) in [7, 11) is -2.09. The van der Waals surface area contributed by atoms with Gasteiger partial charge in [-0.1, -0.05) is 219 Å². The van der Waals surface area contributed by atoms with Crippen LogP contribution in [0.2, 0.25) is 13.1 Å². The van der Waals surface area contributed by atoms with Crippen molar-refractivity contribution in [2.45, 2.75) is 13.1 Å². The van der Waals surface area contributed by atoms with E-state index in [1.807, 2.05) is 0 Å². The Morgan fingerprint density at radius 2 is 0.657 bits per heavy atom. The van der Waals surface area contributed by atoms with Crippen molar-refractivity contribution < 1.29 is 0 Å². The van der Waals surface area contributed by atoms with Crippen LogP contribution in [0.3, 0.4) is 0 Å². The van der Waals surface area contributed by atoms with Gasteiger partial charge in [-0.15, -0.1) is 0 Å². The maximum absolute atomic E-state index is 2.66. The van der Waals surface area contributed by atoms with E-state index >= 15 is 0 Å². The van der Waals surface area contributed by atoms with Gasteiger partial charge in [0.2, 0.25) is 0 Å². The summed E-state index contributed by atoms with van der Waals surface area (Å²) in [4.78, 5) is 0. The molecule has 0 amide bonds. The smallest absolute Gasteiger partial charge is 0.0623 e. The zero-order valence-corrected chi connectivity index (χ0v) is 38.3. The third-order valence-electron chi connectivity index (χ3n) is 15.8. The number of benzene rings is 12. The van der Waals surface area contributed by atoms with E-state index in [1.165, 1.54) is 154 Å². The summed E-state index contributed by atoms with van der Waals surface area (Å²) in [6.45, 7) is 5.11. The van der Waals surface area contributed by atoms with Gasteiger partial charge in [0.15, 0.2) is 0 Å². The van der Waals surface area contributed by atoms with Crippen LogP contribution in [0.5, 0.6) is 0 Å². The first-order chi connectivity index (χ1) is 33.0. The lowest BCUT2D eigenvalue weighted by atomic mass is 9.81. The molecule has 0 radical (unpaired) electrons. The van der Waals surface area contributed by atoms with E-state index in [-0.39, 0.29) is 0 Å². The molecule has 12 aromatic rings. The fourth-order valence-corrected chi connectivity index (χ4v) is 15.9. The number of rotatable bonds is 4. The number of hydrogen-bond acceptors (Lipinski definition) is 0. The van der Waals surface area contributed by atoms with Crippen molar-refractivity contribution in [2.75, 3.05) is 0 Å². The maximum Gasteiger partial charge on any atom is 0.113 e. The van der Waals surface area contributed by atoms with Gasteiger partial charge in [-0.2, -0.15) is 0 Å². The molecule has 0 saturated carbocycles. The van der Waals surface area contributed by atoms with Gasteiger partial charge in [-0.3, -0.25) is 0 Å². The Labute approximate surface area is 391 Å². The van der Waals surface area contributed by atoms with E-state index in [0.717, 1.165) is 0 Å². The average molecular weight is 863 g/mol. The third-order valence-corrected chi connectivity index (χ3v) is 19.3. The molecule has 0 bridgehead atoms. The molecular formula is C66H42Si. The van der Waals surface area contributed by atoms with Crippen molar-refractivity contribution in [1.82, 2.24) is 0 Å². The number of hydrogen-bond donors (Lipinski definition) is 0. The Hall–Kier alpha value is -8.10. The van der Waals surface area contributed by atoms with Gasteiger partial charge in [-0.25, -0.2) is 0 Å². The summed E-state index contributed by atoms with van der Waals surface area (Å²) in [6.07, 6.45) is 0. The molecule has 15 rings (SSSR count). The second kappa shape index (κ2) is 13.5. The molecule has 1 heterocycles. The van der Waals surface area contributed by atoms with Crippen molar-refractivity contribution in [1.29, 1.82) is 0 Å². The molecule has 0 N–H and O–H groups in total. The lowest BCUT2D eigenvalue weighted by Crippen LogP contribution is -2.49. The summed E-state index contributed by atoms with van der Waals surface area (Å²) in [5.41, 5.74) is 23.5. The topological polar surface area (TPSA) is 0 Å². The molecule has 0 aromatic heterocycles. The molecule has 0 atom stereocenters. The lowest BCUT2D eigenvalue weighted by Gasteiger charge is -2.24. The predicted molar refractivity (Wildman–Crippen MR) is 289 cm³/mol. The Morgan fingerprint density at radius 1 is 0.224 bits per heavy atom. The van der Waals surface area contributed by atoms with Crippen molar-refractivity contribution in [3.05, 3.63) is 218 Å².